The van der Waals surface area contributed by atoms with E-state index in [4.69, 9.17) is 5.11 Å². The molecule has 1 N–H and O–H groups in total. The number of benzene rings is 1. The van der Waals surface area contributed by atoms with Crippen LogP contribution in [0.25, 0.3) is 15.5 Å². The molecular weight excluding hydrogens is 262 g/mol. The van der Waals surface area contributed by atoms with Crippen molar-refractivity contribution in [1.82, 2.24) is 14.6 Å². The maximum atomic E-state index is 10.6. The molecule has 0 radical (unpaired) electrons. The van der Waals surface area contributed by atoms with E-state index >= 15 is 0 Å². The summed E-state index contributed by atoms with van der Waals surface area (Å²) >= 11 is 1.45. The lowest BCUT2D eigenvalue weighted by atomic mass is 10.2. The lowest BCUT2D eigenvalue weighted by Crippen LogP contribution is -1.99. The summed E-state index contributed by atoms with van der Waals surface area (Å²) in [5.41, 5.74) is 2.77. The molecule has 2 aromatic heterocycles. The summed E-state index contributed by atoms with van der Waals surface area (Å²) in [6.45, 7) is 2.04. The van der Waals surface area contributed by atoms with E-state index in [1.807, 2.05) is 31.2 Å². The van der Waals surface area contributed by atoms with E-state index in [9.17, 15) is 4.79 Å². The van der Waals surface area contributed by atoms with Crippen LogP contribution in [0, 0.1) is 6.92 Å². The molecule has 0 bridgehead atoms. The molecule has 3 aromatic rings. The minimum Gasteiger partial charge on any atom is -0.481 e. The second-order valence-corrected chi connectivity index (χ2v) is 5.26. The van der Waals surface area contributed by atoms with E-state index in [-0.39, 0.29) is 6.42 Å². The molecule has 0 aliphatic heterocycles. The van der Waals surface area contributed by atoms with Crippen molar-refractivity contribution in [3.8, 4) is 10.6 Å². The Hall–Kier alpha value is -2.21. The first-order chi connectivity index (χ1) is 9.11. The molecule has 6 heteroatoms. The third-order valence-electron chi connectivity index (χ3n) is 2.72. The van der Waals surface area contributed by atoms with Gasteiger partial charge in [0, 0.05) is 5.56 Å². The third-order valence-corrected chi connectivity index (χ3v) is 3.70. The number of carboxylic acid groups (broad SMARTS) is 1. The van der Waals surface area contributed by atoms with Crippen molar-refractivity contribution in [2.75, 3.05) is 0 Å². The van der Waals surface area contributed by atoms with Gasteiger partial charge in [0.05, 0.1) is 18.3 Å². The van der Waals surface area contributed by atoms with Crippen molar-refractivity contribution in [2.45, 2.75) is 13.3 Å². The van der Waals surface area contributed by atoms with Crippen molar-refractivity contribution in [2.24, 2.45) is 0 Å². The Kier molecular flexibility index (Phi) is 2.79. The Morgan fingerprint density at radius 1 is 1.37 bits per heavy atom. The molecule has 96 valence electrons. The highest BCUT2D eigenvalue weighted by Gasteiger charge is 2.11. The molecule has 0 saturated carbocycles. The van der Waals surface area contributed by atoms with Gasteiger partial charge in [0.15, 0.2) is 0 Å². The van der Waals surface area contributed by atoms with Crippen LogP contribution in [0.2, 0.25) is 0 Å². The Balaban J connectivity index is 1.96. The van der Waals surface area contributed by atoms with Crippen LogP contribution < -0.4 is 0 Å². The van der Waals surface area contributed by atoms with Gasteiger partial charge < -0.3 is 5.11 Å². The van der Waals surface area contributed by atoms with Gasteiger partial charge in [-0.3, -0.25) is 4.79 Å². The SMILES string of the molecule is Cc1ccc(-c2nn3cc(CC(=O)O)nc3s2)cc1. The first kappa shape index (κ1) is 11.9. The zero-order chi connectivity index (χ0) is 13.4. The molecule has 0 unspecified atom stereocenters. The molecule has 0 spiro atoms. The number of rotatable bonds is 3. The number of carboxylic acids is 1. The number of hydrogen-bond acceptors (Lipinski definition) is 4. The number of hydrogen-bond donors (Lipinski definition) is 1. The summed E-state index contributed by atoms with van der Waals surface area (Å²) in [5, 5.41) is 14.0. The Morgan fingerprint density at radius 2 is 2.11 bits per heavy atom. The predicted octanol–water partition coefficient (Wildman–Crippen LogP) is 2.39. The van der Waals surface area contributed by atoms with Crippen molar-refractivity contribution >= 4 is 22.3 Å². The van der Waals surface area contributed by atoms with E-state index in [1.54, 1.807) is 10.7 Å². The average Bonchev–Trinajstić information content (AvgIpc) is 2.86. The summed E-state index contributed by atoms with van der Waals surface area (Å²) in [5.74, 6) is -0.885. The van der Waals surface area contributed by atoms with Crippen LogP contribution in [0.1, 0.15) is 11.3 Å². The molecule has 2 heterocycles. The van der Waals surface area contributed by atoms with Gasteiger partial charge >= 0.3 is 5.97 Å². The maximum absolute atomic E-state index is 10.6. The van der Waals surface area contributed by atoms with Crippen LogP contribution >= 0.6 is 11.3 Å². The van der Waals surface area contributed by atoms with Gasteiger partial charge in [0.25, 0.3) is 0 Å². The van der Waals surface area contributed by atoms with Crippen LogP contribution in [0.15, 0.2) is 30.5 Å². The smallest absolute Gasteiger partial charge is 0.309 e. The Morgan fingerprint density at radius 3 is 2.74 bits per heavy atom. The van der Waals surface area contributed by atoms with Crippen molar-refractivity contribution in [3.63, 3.8) is 0 Å². The lowest BCUT2D eigenvalue weighted by molar-refractivity contribution is -0.136. The van der Waals surface area contributed by atoms with Gasteiger partial charge in [0.2, 0.25) is 4.96 Å². The maximum Gasteiger partial charge on any atom is 0.309 e. The highest BCUT2D eigenvalue weighted by Crippen LogP contribution is 2.25. The third kappa shape index (κ3) is 2.34. The zero-order valence-corrected chi connectivity index (χ0v) is 11.0. The first-order valence-electron chi connectivity index (χ1n) is 5.76. The summed E-state index contributed by atoms with van der Waals surface area (Å²) in [6, 6.07) is 8.11. The van der Waals surface area contributed by atoms with Gasteiger partial charge in [-0.1, -0.05) is 41.2 Å². The number of aliphatic carboxylic acids is 1. The van der Waals surface area contributed by atoms with Gasteiger partial charge in [-0.15, -0.1) is 0 Å². The summed E-state index contributed by atoms with van der Waals surface area (Å²) in [6.07, 6.45) is 1.59. The Labute approximate surface area is 113 Å². The molecule has 0 aliphatic rings. The summed E-state index contributed by atoms with van der Waals surface area (Å²) in [4.78, 5) is 15.6. The van der Waals surface area contributed by atoms with Crippen molar-refractivity contribution in [1.29, 1.82) is 0 Å². The van der Waals surface area contributed by atoms with E-state index in [1.165, 1.54) is 16.9 Å². The minimum absolute atomic E-state index is 0.0735. The second-order valence-electron chi connectivity index (χ2n) is 4.30. The highest BCUT2D eigenvalue weighted by molar-refractivity contribution is 7.19. The quantitative estimate of drug-likeness (QED) is 0.795. The van der Waals surface area contributed by atoms with Crippen LogP contribution in [-0.2, 0) is 11.2 Å². The first-order valence-corrected chi connectivity index (χ1v) is 6.57. The lowest BCUT2D eigenvalue weighted by Gasteiger charge is -1.95. The van der Waals surface area contributed by atoms with Gasteiger partial charge in [0.1, 0.15) is 5.01 Å². The molecule has 19 heavy (non-hydrogen) atoms. The molecule has 0 aliphatic carbocycles. The van der Waals surface area contributed by atoms with E-state index in [0.29, 0.717) is 10.7 Å². The van der Waals surface area contributed by atoms with Gasteiger partial charge in [-0.05, 0) is 6.92 Å². The largest absolute Gasteiger partial charge is 0.481 e. The molecule has 0 amide bonds. The van der Waals surface area contributed by atoms with Crippen molar-refractivity contribution in [3.05, 3.63) is 41.7 Å². The van der Waals surface area contributed by atoms with E-state index < -0.39 is 5.97 Å². The van der Waals surface area contributed by atoms with Gasteiger partial charge in [-0.25, -0.2) is 9.50 Å². The molecule has 3 rings (SSSR count). The monoisotopic (exact) mass is 273 g/mol. The number of aromatic nitrogens is 3. The molecule has 0 fully saturated rings. The minimum atomic E-state index is -0.885. The highest BCUT2D eigenvalue weighted by atomic mass is 32.1. The van der Waals surface area contributed by atoms with Crippen LogP contribution in [0.5, 0.6) is 0 Å². The van der Waals surface area contributed by atoms with Crippen molar-refractivity contribution < 1.29 is 9.90 Å². The number of imidazole rings is 1. The van der Waals surface area contributed by atoms with E-state index in [0.717, 1.165) is 10.6 Å². The number of fused-ring (bicyclic) bond motifs is 1. The van der Waals surface area contributed by atoms with Crippen LogP contribution in [0.4, 0.5) is 0 Å². The molecule has 0 saturated heterocycles. The predicted molar refractivity (Wildman–Crippen MR) is 72.4 cm³/mol. The summed E-state index contributed by atoms with van der Waals surface area (Å²) in [7, 11) is 0. The summed E-state index contributed by atoms with van der Waals surface area (Å²) < 4.78 is 1.64. The normalized spacial score (nSPS) is 11.0. The average molecular weight is 273 g/mol. The fourth-order valence-corrected chi connectivity index (χ4v) is 2.70. The second kappa shape index (κ2) is 4.47. The number of aryl methyl sites for hydroxylation is 1. The van der Waals surface area contributed by atoms with Crippen LogP contribution in [-0.4, -0.2) is 25.7 Å². The Bertz CT molecular complexity index is 711. The number of nitrogens with zero attached hydrogens (tertiary/aromatic N) is 3. The van der Waals surface area contributed by atoms with Gasteiger partial charge in [-0.2, -0.15) is 5.10 Å². The van der Waals surface area contributed by atoms with Crippen LogP contribution in [0.3, 0.4) is 0 Å². The molecule has 1 aromatic carbocycles. The zero-order valence-electron chi connectivity index (χ0n) is 10.2. The fourth-order valence-electron chi connectivity index (χ4n) is 1.80. The fraction of sp³-hybridized carbons (Fsp3) is 0.154. The van der Waals surface area contributed by atoms with E-state index in [2.05, 4.69) is 10.1 Å². The topological polar surface area (TPSA) is 67.5 Å². The molecular formula is C13H11N3O2S. The number of carbonyl (C=O) groups is 1. The molecule has 0 atom stereocenters. The molecule has 5 nitrogen and oxygen atoms in total. The standard InChI is InChI=1S/C13H11N3O2S/c1-8-2-4-9(5-3-8)12-15-16-7-10(6-11(17)18)14-13(16)19-12/h2-5,7H,6H2,1H3,(H,17,18).